The van der Waals surface area contributed by atoms with Gasteiger partial charge in [-0.3, -0.25) is 13.9 Å². The predicted molar refractivity (Wildman–Crippen MR) is 187 cm³/mol. The number of unbranched alkanes of at least 4 members (excludes halogenated alkanes) is 9. The molecule has 15 nitrogen and oxygen atoms in total. The van der Waals surface area contributed by atoms with Gasteiger partial charge in [-0.05, 0) is 25.3 Å². The van der Waals surface area contributed by atoms with Crippen molar-refractivity contribution in [2.24, 2.45) is 0 Å². The Morgan fingerprint density at radius 1 is 1.15 bits per heavy atom. The van der Waals surface area contributed by atoms with E-state index in [0.29, 0.717) is 17.5 Å². The normalized spacial score (nSPS) is 25.1. The Morgan fingerprint density at radius 2 is 1.81 bits per heavy atom. The second-order valence-corrected chi connectivity index (χ2v) is 18.2. The van der Waals surface area contributed by atoms with E-state index in [1.165, 1.54) is 42.9 Å². The Hall–Kier alpha value is -3.00. The average molecular weight is 791 g/mol. The summed E-state index contributed by atoms with van der Waals surface area (Å²) in [5.41, 5.74) is -0.722. The number of aromatic nitrogens is 2. The van der Waals surface area contributed by atoms with Crippen LogP contribution in [0.2, 0.25) is 5.15 Å². The summed E-state index contributed by atoms with van der Waals surface area (Å²) in [6.45, 7) is 1.29. The number of pyridine rings is 1. The summed E-state index contributed by atoms with van der Waals surface area (Å²) in [6, 6.07) is 3.39. The summed E-state index contributed by atoms with van der Waals surface area (Å²) in [5.74, 6) is -1.48. The van der Waals surface area contributed by atoms with E-state index >= 15 is 0 Å². The lowest BCUT2D eigenvalue weighted by molar-refractivity contribution is -0.150. The van der Waals surface area contributed by atoms with Crippen LogP contribution in [0.25, 0.3) is 11.0 Å². The van der Waals surface area contributed by atoms with Gasteiger partial charge in [-0.25, -0.2) is 22.6 Å². The smallest absolute Gasteiger partial charge is 0.438 e. The highest BCUT2D eigenvalue weighted by atomic mass is 35.5. The highest BCUT2D eigenvalue weighted by molar-refractivity contribution is 7.97. The molecule has 4 heterocycles. The fourth-order valence-electron chi connectivity index (χ4n) is 6.64. The van der Waals surface area contributed by atoms with Gasteiger partial charge in [-0.15, -0.1) is 0 Å². The highest BCUT2D eigenvalue weighted by Crippen LogP contribution is 2.46. The number of nitrogens with zero attached hydrogens (tertiary/aromatic N) is 3. The van der Waals surface area contributed by atoms with Gasteiger partial charge in [0.05, 0.1) is 11.4 Å². The number of carbonyl (C=O) groups excluding carboxylic acids is 2. The van der Waals surface area contributed by atoms with Crippen molar-refractivity contribution in [1.29, 1.82) is 5.26 Å². The molecule has 5 rings (SSSR count). The van der Waals surface area contributed by atoms with Crippen molar-refractivity contribution >= 4 is 57.9 Å². The number of anilines is 1. The molecule has 0 aromatic carbocycles. The van der Waals surface area contributed by atoms with Crippen LogP contribution in [-0.2, 0) is 42.7 Å². The largest absolute Gasteiger partial charge is 0.509 e. The number of nitrogens with one attached hydrogen (secondary N) is 1. The number of esters is 1. The van der Waals surface area contributed by atoms with Crippen molar-refractivity contribution in [1.82, 2.24) is 9.55 Å². The Morgan fingerprint density at radius 3 is 2.46 bits per heavy atom. The third-order valence-electron chi connectivity index (χ3n) is 9.37. The third kappa shape index (κ3) is 10.4. The molecule has 288 valence electrons. The molecule has 2 aromatic rings. The molecule has 0 radical (unpaired) electrons. The Kier molecular flexibility index (Phi) is 13.8. The zero-order valence-electron chi connectivity index (χ0n) is 28.9. The number of rotatable bonds is 21. The molecular formula is C33H45ClFN4O11PS. The quantitative estimate of drug-likeness (QED) is 0.0446. The third-order valence-corrected chi connectivity index (χ3v) is 13.9. The molecule has 2 saturated heterocycles. The van der Waals surface area contributed by atoms with Crippen LogP contribution < -0.4 is 5.32 Å². The number of sulfone groups is 1. The number of alkyl halides is 1. The van der Waals surface area contributed by atoms with E-state index in [1.54, 1.807) is 6.07 Å². The minimum absolute atomic E-state index is 0.0542. The molecule has 0 bridgehead atoms. The molecule has 5 atom stereocenters. The van der Waals surface area contributed by atoms with Crippen molar-refractivity contribution in [2.45, 2.75) is 127 Å². The second kappa shape index (κ2) is 17.9. The van der Waals surface area contributed by atoms with Crippen molar-refractivity contribution in [3.63, 3.8) is 0 Å². The van der Waals surface area contributed by atoms with Gasteiger partial charge >= 0.3 is 19.7 Å². The number of hydrogen-bond donors (Lipinski definition) is 2. The Labute approximate surface area is 306 Å². The number of ether oxygens (including phenoxy) is 4. The SMILES string of the molecule is CCCCCCCCCCCCC(=O)OCOP(=O)(O)CS(=O)(=O)C[C@H]1O[C@@H](n2ccc3c(N[C@H]4C[C@@H](F)C4)c(C#N)c(Cl)nc32)[C@@H]2OC(=O)O[C@@H]21. The van der Waals surface area contributed by atoms with Crippen LogP contribution in [0.4, 0.5) is 14.9 Å². The fourth-order valence-corrected chi connectivity index (χ4v) is 10.6. The van der Waals surface area contributed by atoms with E-state index in [1.807, 2.05) is 6.07 Å². The lowest BCUT2D eigenvalue weighted by Gasteiger charge is -2.31. The maximum Gasteiger partial charge on any atom is 0.509 e. The van der Waals surface area contributed by atoms with Gasteiger partial charge in [0.25, 0.3) is 0 Å². The fraction of sp³-hybridized carbons (Fsp3) is 0.697. The van der Waals surface area contributed by atoms with Crippen LogP contribution in [0, 0.1) is 11.3 Å². The molecule has 3 fully saturated rings. The Balaban J connectivity index is 1.13. The minimum atomic E-state index is -4.80. The van der Waals surface area contributed by atoms with Gasteiger partial charge in [0.2, 0.25) is 6.79 Å². The van der Waals surface area contributed by atoms with Gasteiger partial charge in [0, 0.05) is 24.0 Å². The summed E-state index contributed by atoms with van der Waals surface area (Å²) in [6.07, 6.45) is 6.17. The first-order valence-electron chi connectivity index (χ1n) is 17.7. The van der Waals surface area contributed by atoms with Gasteiger partial charge in [-0.2, -0.15) is 5.26 Å². The van der Waals surface area contributed by atoms with Gasteiger partial charge in [0.15, 0.2) is 38.9 Å². The van der Waals surface area contributed by atoms with Crippen LogP contribution in [0.3, 0.4) is 0 Å². The van der Waals surface area contributed by atoms with E-state index in [2.05, 4.69) is 17.2 Å². The number of hydrogen-bond acceptors (Lipinski definition) is 13. The van der Waals surface area contributed by atoms with E-state index < -0.39 is 78.3 Å². The van der Waals surface area contributed by atoms with Crippen LogP contribution >= 0.6 is 19.2 Å². The highest BCUT2D eigenvalue weighted by Gasteiger charge is 2.56. The predicted octanol–water partition coefficient (Wildman–Crippen LogP) is 6.66. The average Bonchev–Trinajstić information content (AvgIpc) is 3.73. The molecule has 1 saturated carbocycles. The molecule has 2 N–H and O–H groups in total. The molecular weight excluding hydrogens is 746 g/mol. The molecule has 1 unspecified atom stereocenters. The molecule has 2 aliphatic heterocycles. The Bertz CT molecular complexity index is 1780. The van der Waals surface area contributed by atoms with Crippen LogP contribution in [0.5, 0.6) is 0 Å². The summed E-state index contributed by atoms with van der Waals surface area (Å²) in [7, 11) is -9.20. The first-order chi connectivity index (χ1) is 24.8. The van der Waals surface area contributed by atoms with Crippen LogP contribution in [-0.4, -0.2) is 83.6 Å². The van der Waals surface area contributed by atoms with E-state index in [9.17, 15) is 37.1 Å². The molecule has 2 aromatic heterocycles. The number of halogens is 2. The monoisotopic (exact) mass is 790 g/mol. The molecule has 3 aliphatic rings. The molecule has 1 aliphatic carbocycles. The van der Waals surface area contributed by atoms with Crippen LogP contribution in [0.1, 0.15) is 102 Å². The topological polar surface area (TPSA) is 205 Å². The standard InChI is InChI=1S/C33H45ClFN4O11PS/c1-2-3-4-5-6-7-8-9-10-11-12-26(40)46-19-47-51(42,43)20-52(44,45)18-25-28-29(50-33(41)49-28)32(48-25)39-14-13-23-27(37-22-15-21(35)16-22)24(17-36)30(34)38-31(23)39/h13-14,21-22,25,28-29,32H,2-12,15-16,18-20H2,1H3,(H,37,38)(H,42,43)/t21-,22+,25-,28-,29-,32-/m1/s1. The first kappa shape index (κ1) is 40.2. The summed E-state index contributed by atoms with van der Waals surface area (Å²) in [4.78, 5) is 38.8. The zero-order chi connectivity index (χ0) is 37.5. The van der Waals surface area contributed by atoms with E-state index in [-0.39, 0.29) is 41.7 Å². The minimum Gasteiger partial charge on any atom is -0.438 e. The lowest BCUT2D eigenvalue weighted by atomic mass is 9.90. The van der Waals surface area contributed by atoms with Crippen molar-refractivity contribution in [3.05, 3.63) is 23.0 Å². The molecule has 0 spiro atoms. The van der Waals surface area contributed by atoms with Crippen molar-refractivity contribution in [3.8, 4) is 6.07 Å². The summed E-state index contributed by atoms with van der Waals surface area (Å²) < 4.78 is 80.2. The van der Waals surface area contributed by atoms with E-state index in [0.717, 1.165) is 25.7 Å². The van der Waals surface area contributed by atoms with Gasteiger partial charge in [0.1, 0.15) is 29.6 Å². The maximum atomic E-state index is 13.5. The zero-order valence-corrected chi connectivity index (χ0v) is 31.4. The second-order valence-electron chi connectivity index (χ2n) is 13.5. The summed E-state index contributed by atoms with van der Waals surface area (Å²) in [5, 5.41) is 13.2. The van der Waals surface area contributed by atoms with Crippen molar-refractivity contribution < 1.29 is 55.3 Å². The number of nitriles is 1. The molecule has 0 amide bonds. The van der Waals surface area contributed by atoms with Gasteiger partial charge in [-0.1, -0.05) is 76.3 Å². The first-order valence-corrected chi connectivity index (χ1v) is 21.6. The number of fused-ring (bicyclic) bond motifs is 2. The lowest BCUT2D eigenvalue weighted by Crippen LogP contribution is -2.36. The van der Waals surface area contributed by atoms with Crippen LogP contribution in [0.15, 0.2) is 12.3 Å². The van der Waals surface area contributed by atoms with E-state index in [4.69, 9.17) is 35.1 Å². The summed E-state index contributed by atoms with van der Waals surface area (Å²) >= 11 is 6.36. The maximum absolute atomic E-state index is 13.5. The molecule has 19 heteroatoms. The molecule has 52 heavy (non-hydrogen) atoms. The van der Waals surface area contributed by atoms with Crippen molar-refractivity contribution in [2.75, 3.05) is 23.4 Å². The van der Waals surface area contributed by atoms with Gasteiger partial charge < -0.3 is 33.7 Å². The number of carbonyl (C=O) groups is 2.